The van der Waals surface area contributed by atoms with E-state index in [0.29, 0.717) is 42.9 Å². The van der Waals surface area contributed by atoms with E-state index in [1.54, 1.807) is 4.90 Å². The van der Waals surface area contributed by atoms with Crippen molar-refractivity contribution < 1.29 is 14.6 Å². The molecule has 2 aromatic carbocycles. The Morgan fingerprint density at radius 3 is 2.83 bits per heavy atom. The molecule has 182 valence electrons. The lowest BCUT2D eigenvalue weighted by molar-refractivity contribution is -0.128. The summed E-state index contributed by atoms with van der Waals surface area (Å²) in [5.74, 6) is 0.689. The molecule has 1 spiro atoms. The Morgan fingerprint density at radius 1 is 1.34 bits per heavy atom. The van der Waals surface area contributed by atoms with Crippen LogP contribution < -0.4 is 4.74 Å². The largest absolute Gasteiger partial charge is 0.490 e. The Kier molecular flexibility index (Phi) is 7.09. The maximum Gasteiger partial charge on any atom is 0.223 e. The zero-order valence-electron chi connectivity index (χ0n) is 20.8. The van der Waals surface area contributed by atoms with Gasteiger partial charge in [-0.05, 0) is 68.0 Å². The summed E-state index contributed by atoms with van der Waals surface area (Å²) >= 11 is 0. The Morgan fingerprint density at radius 2 is 2.14 bits per heavy atom. The second-order valence-corrected chi connectivity index (χ2v) is 9.68. The third-order valence-corrected chi connectivity index (χ3v) is 7.02. The summed E-state index contributed by atoms with van der Waals surface area (Å²) < 4.78 is 5.76. The number of ether oxygens (including phenoxy) is 1. The summed E-state index contributed by atoms with van der Waals surface area (Å²) in [6, 6.07) is 14.1. The van der Waals surface area contributed by atoms with Crippen LogP contribution in [0.1, 0.15) is 67.9 Å². The van der Waals surface area contributed by atoms with Crippen LogP contribution >= 0.6 is 0 Å². The molecule has 35 heavy (non-hydrogen) atoms. The molecular weight excluding hydrogens is 438 g/mol. The molecule has 6 heteroatoms. The minimum Gasteiger partial charge on any atom is -0.490 e. The van der Waals surface area contributed by atoms with Crippen LogP contribution in [-0.4, -0.2) is 47.4 Å². The minimum absolute atomic E-state index is 0.0126. The van der Waals surface area contributed by atoms with E-state index in [-0.39, 0.29) is 24.0 Å². The van der Waals surface area contributed by atoms with Crippen molar-refractivity contribution in [3.05, 3.63) is 70.8 Å². The van der Waals surface area contributed by atoms with Gasteiger partial charge in [0.2, 0.25) is 5.91 Å². The molecule has 1 amide bonds. The monoisotopic (exact) mass is 471 g/mol. The average Bonchev–Trinajstić information content (AvgIpc) is 3.36. The van der Waals surface area contributed by atoms with Crippen LogP contribution in [0.3, 0.4) is 0 Å². The number of carbonyl (C=O) groups excluding carboxylic acids is 1. The number of carbonyl (C=O) groups is 1. The molecule has 0 saturated carbocycles. The molecular formula is C29H33N3O3. The van der Waals surface area contributed by atoms with E-state index in [9.17, 15) is 15.2 Å². The molecule has 0 radical (unpaired) electrons. The molecule has 1 fully saturated rings. The average molecular weight is 472 g/mol. The highest BCUT2D eigenvalue weighted by Crippen LogP contribution is 2.47. The number of aliphatic hydroxyl groups excluding tert-OH is 1. The Bertz CT molecular complexity index is 1220. The molecule has 1 atom stereocenters. The molecule has 2 aliphatic rings. The van der Waals surface area contributed by atoms with E-state index in [4.69, 9.17) is 9.73 Å². The van der Waals surface area contributed by atoms with Crippen molar-refractivity contribution in [1.29, 1.82) is 5.26 Å². The summed E-state index contributed by atoms with van der Waals surface area (Å²) in [4.78, 5) is 19.3. The second-order valence-electron chi connectivity index (χ2n) is 9.68. The molecule has 4 rings (SSSR count). The maximum absolute atomic E-state index is 12.6. The van der Waals surface area contributed by atoms with E-state index in [0.717, 1.165) is 29.7 Å². The van der Waals surface area contributed by atoms with Gasteiger partial charge in [-0.3, -0.25) is 9.79 Å². The number of amides is 1. The number of benzene rings is 2. The number of rotatable bonds is 8. The number of nitrogens with zero attached hydrogens (tertiary/aromatic N) is 3. The lowest BCUT2D eigenvalue weighted by atomic mass is 9.80. The van der Waals surface area contributed by atoms with E-state index >= 15 is 0 Å². The standard InChI is InChI=1S/C29H33N3O3/c1-5-26(21-9-10-27(35-19(2)3)22(15-21)17-30)31-20(4)23-7-6-8-25-24(23)11-12-29(25)16-28(34)32(18-29)13-14-33/h6-10,15,19,33H,4-5,11-14,16,18H2,1-3H3. The highest BCUT2D eigenvalue weighted by molar-refractivity contribution is 6.03. The Labute approximate surface area is 207 Å². The summed E-state index contributed by atoms with van der Waals surface area (Å²) in [6.45, 7) is 11.2. The first-order valence-corrected chi connectivity index (χ1v) is 12.3. The summed E-state index contributed by atoms with van der Waals surface area (Å²) in [5.41, 5.74) is 6.16. The molecule has 1 saturated heterocycles. The fraction of sp³-hybridized carbons (Fsp3) is 0.414. The zero-order valence-corrected chi connectivity index (χ0v) is 20.8. The van der Waals surface area contributed by atoms with Crippen LogP contribution in [0, 0.1) is 11.3 Å². The fourth-order valence-corrected chi connectivity index (χ4v) is 5.43. The Balaban J connectivity index is 1.65. The van der Waals surface area contributed by atoms with Crippen LogP contribution in [0.2, 0.25) is 0 Å². The van der Waals surface area contributed by atoms with E-state index in [1.165, 1.54) is 11.1 Å². The number of β-amino-alcohol motifs (C(OH)–C–C–N with tert-alkyl or cyclic N) is 1. The predicted molar refractivity (Wildman–Crippen MR) is 138 cm³/mol. The zero-order chi connectivity index (χ0) is 25.2. The van der Waals surface area contributed by atoms with Gasteiger partial charge in [0, 0.05) is 36.2 Å². The van der Waals surface area contributed by atoms with Crippen LogP contribution in [0.4, 0.5) is 0 Å². The fourth-order valence-electron chi connectivity index (χ4n) is 5.43. The molecule has 0 bridgehead atoms. The topological polar surface area (TPSA) is 85.9 Å². The van der Waals surface area contributed by atoms with Crippen molar-refractivity contribution >= 4 is 17.3 Å². The van der Waals surface area contributed by atoms with Crippen LogP contribution in [0.25, 0.3) is 5.70 Å². The van der Waals surface area contributed by atoms with E-state index in [2.05, 4.69) is 24.8 Å². The number of aliphatic hydroxyl groups is 1. The van der Waals surface area contributed by atoms with Crippen molar-refractivity contribution in [2.45, 2.75) is 58.0 Å². The number of hydrogen-bond acceptors (Lipinski definition) is 5. The van der Waals surface area contributed by atoms with Gasteiger partial charge in [-0.15, -0.1) is 0 Å². The van der Waals surface area contributed by atoms with Gasteiger partial charge in [0.25, 0.3) is 0 Å². The maximum atomic E-state index is 12.6. The van der Waals surface area contributed by atoms with Crippen molar-refractivity contribution in [1.82, 2.24) is 4.90 Å². The summed E-state index contributed by atoms with van der Waals surface area (Å²) in [5, 5.41) is 18.9. The van der Waals surface area contributed by atoms with Crippen LogP contribution in [0.5, 0.6) is 5.75 Å². The SMILES string of the molecule is C=C(N=C(CC)c1ccc(OC(C)C)c(C#N)c1)c1cccc2c1CCC21CC(=O)N(CCO)C1. The summed E-state index contributed by atoms with van der Waals surface area (Å²) in [6.07, 6.45) is 2.95. The van der Waals surface area contributed by atoms with Crippen molar-refractivity contribution in [3.8, 4) is 11.8 Å². The molecule has 1 N–H and O–H groups in total. The number of aliphatic imine (C=N–C) groups is 1. The lowest BCUT2D eigenvalue weighted by Gasteiger charge is -2.25. The molecule has 6 nitrogen and oxygen atoms in total. The first-order valence-electron chi connectivity index (χ1n) is 12.3. The quantitative estimate of drug-likeness (QED) is 0.569. The minimum atomic E-state index is -0.191. The van der Waals surface area contributed by atoms with Gasteiger partial charge in [-0.25, -0.2) is 0 Å². The van der Waals surface area contributed by atoms with Gasteiger partial charge >= 0.3 is 0 Å². The molecule has 1 aliphatic carbocycles. The first-order chi connectivity index (χ1) is 16.8. The Hall–Kier alpha value is -3.43. The predicted octanol–water partition coefficient (Wildman–Crippen LogP) is 4.62. The van der Waals surface area contributed by atoms with Gasteiger partial charge in [-0.2, -0.15) is 5.26 Å². The van der Waals surface area contributed by atoms with Crippen molar-refractivity contribution in [3.63, 3.8) is 0 Å². The van der Waals surface area contributed by atoms with Crippen molar-refractivity contribution in [2.24, 2.45) is 4.99 Å². The molecule has 2 aromatic rings. The number of hydrogen-bond donors (Lipinski definition) is 1. The number of nitriles is 1. The smallest absolute Gasteiger partial charge is 0.223 e. The van der Waals surface area contributed by atoms with Gasteiger partial charge in [0.15, 0.2) is 0 Å². The van der Waals surface area contributed by atoms with Gasteiger partial charge in [0.05, 0.1) is 24.0 Å². The van der Waals surface area contributed by atoms with E-state index < -0.39 is 0 Å². The lowest BCUT2D eigenvalue weighted by Crippen LogP contribution is -2.32. The second kappa shape index (κ2) is 10.1. The third-order valence-electron chi connectivity index (χ3n) is 7.02. The molecule has 1 unspecified atom stereocenters. The number of likely N-dealkylation sites (tertiary alicyclic amines) is 1. The van der Waals surface area contributed by atoms with Gasteiger partial charge in [0.1, 0.15) is 11.8 Å². The third kappa shape index (κ3) is 4.74. The van der Waals surface area contributed by atoms with Gasteiger partial charge in [-0.1, -0.05) is 31.7 Å². The van der Waals surface area contributed by atoms with Crippen LogP contribution in [-0.2, 0) is 16.6 Å². The molecule has 1 heterocycles. The highest BCUT2D eigenvalue weighted by Gasteiger charge is 2.48. The normalized spacial score (nSPS) is 19.4. The first kappa shape index (κ1) is 24.7. The highest BCUT2D eigenvalue weighted by atomic mass is 16.5. The van der Waals surface area contributed by atoms with Gasteiger partial charge < -0.3 is 14.7 Å². The molecule has 0 aromatic heterocycles. The summed E-state index contributed by atoms with van der Waals surface area (Å²) in [7, 11) is 0. The number of fused-ring (bicyclic) bond motifs is 2. The van der Waals surface area contributed by atoms with Crippen LogP contribution in [0.15, 0.2) is 48.0 Å². The molecule has 1 aliphatic heterocycles. The van der Waals surface area contributed by atoms with E-state index in [1.807, 2.05) is 45.0 Å². The van der Waals surface area contributed by atoms with Crippen molar-refractivity contribution in [2.75, 3.05) is 19.7 Å².